The Hall–Kier alpha value is -0.0100. The number of allylic oxidation sites excluding steroid dienone is 2. The summed E-state index contributed by atoms with van der Waals surface area (Å²) in [6.07, 6.45) is 11.4. The number of alkyl halides is 1. The Balaban J connectivity index is 1.68. The van der Waals surface area contributed by atoms with Crippen LogP contribution >= 0.6 is 11.6 Å². The van der Waals surface area contributed by atoms with E-state index >= 15 is 0 Å². The van der Waals surface area contributed by atoms with Gasteiger partial charge in [0.2, 0.25) is 0 Å². The molecule has 2 aliphatic rings. The van der Waals surface area contributed by atoms with Crippen LogP contribution in [-0.2, 0) is 0 Å². The Morgan fingerprint density at radius 3 is 2.73 bits per heavy atom. The van der Waals surface area contributed by atoms with Crippen molar-refractivity contribution in [1.29, 1.82) is 0 Å². The molecule has 2 heteroatoms. The van der Waals surface area contributed by atoms with Crippen molar-refractivity contribution in [3.8, 4) is 0 Å². The molecule has 1 heterocycles. The van der Waals surface area contributed by atoms with E-state index in [1.54, 1.807) is 5.57 Å². The van der Waals surface area contributed by atoms with Crippen LogP contribution < -0.4 is 5.32 Å². The second-order valence-corrected chi connectivity index (χ2v) is 5.58. The molecular formula is C13H22ClN. The highest BCUT2D eigenvalue weighted by Crippen LogP contribution is 2.28. The lowest BCUT2D eigenvalue weighted by molar-refractivity contribution is 0.352. The van der Waals surface area contributed by atoms with E-state index in [0.29, 0.717) is 5.38 Å². The summed E-state index contributed by atoms with van der Waals surface area (Å²) in [6, 6.07) is 0. The van der Waals surface area contributed by atoms with Crippen LogP contribution in [0.1, 0.15) is 44.9 Å². The average molecular weight is 228 g/mol. The van der Waals surface area contributed by atoms with E-state index < -0.39 is 0 Å². The quantitative estimate of drug-likeness (QED) is 0.575. The molecule has 1 aliphatic heterocycles. The van der Waals surface area contributed by atoms with Crippen LogP contribution in [0.15, 0.2) is 11.6 Å². The number of nitrogens with one attached hydrogen (secondary N) is 1. The van der Waals surface area contributed by atoms with Gasteiger partial charge in [-0.2, -0.15) is 0 Å². The molecule has 0 radical (unpaired) electrons. The van der Waals surface area contributed by atoms with Gasteiger partial charge in [0.15, 0.2) is 0 Å². The van der Waals surface area contributed by atoms with E-state index in [4.69, 9.17) is 11.6 Å². The van der Waals surface area contributed by atoms with E-state index in [-0.39, 0.29) is 0 Å². The van der Waals surface area contributed by atoms with Crippen LogP contribution in [0.2, 0.25) is 0 Å². The predicted molar refractivity (Wildman–Crippen MR) is 66.4 cm³/mol. The summed E-state index contributed by atoms with van der Waals surface area (Å²) in [5, 5.41) is 3.84. The molecule has 86 valence electrons. The molecule has 0 aromatic rings. The average Bonchev–Trinajstić information content (AvgIpc) is 2.30. The maximum atomic E-state index is 6.08. The minimum Gasteiger partial charge on any atom is -0.317 e. The van der Waals surface area contributed by atoms with Crippen molar-refractivity contribution in [3.63, 3.8) is 0 Å². The summed E-state index contributed by atoms with van der Waals surface area (Å²) in [5.41, 5.74) is 1.67. The van der Waals surface area contributed by atoms with E-state index in [2.05, 4.69) is 11.4 Å². The van der Waals surface area contributed by atoms with Crippen molar-refractivity contribution < 1.29 is 0 Å². The predicted octanol–water partition coefficient (Wildman–Crippen LogP) is 3.48. The molecule has 1 N–H and O–H groups in total. The summed E-state index contributed by atoms with van der Waals surface area (Å²) < 4.78 is 0. The second-order valence-electron chi connectivity index (χ2n) is 4.97. The van der Waals surface area contributed by atoms with E-state index in [9.17, 15) is 0 Å². The summed E-state index contributed by atoms with van der Waals surface area (Å²) >= 11 is 6.08. The molecule has 1 unspecified atom stereocenters. The molecule has 0 amide bonds. The van der Waals surface area contributed by atoms with Gasteiger partial charge < -0.3 is 5.32 Å². The smallest absolute Gasteiger partial charge is 0.0373 e. The normalized spacial score (nSPS) is 28.9. The Morgan fingerprint density at radius 2 is 2.07 bits per heavy atom. The molecular weight excluding hydrogens is 206 g/mol. The van der Waals surface area contributed by atoms with Crippen molar-refractivity contribution in [2.75, 3.05) is 13.1 Å². The molecule has 2 rings (SSSR count). The summed E-state index contributed by atoms with van der Waals surface area (Å²) in [6.45, 7) is 2.46. The zero-order valence-corrected chi connectivity index (χ0v) is 10.2. The van der Waals surface area contributed by atoms with Gasteiger partial charge in [-0.15, -0.1) is 11.6 Å². The summed E-state index contributed by atoms with van der Waals surface area (Å²) in [5.74, 6) is 0.973. The van der Waals surface area contributed by atoms with Crippen molar-refractivity contribution in [3.05, 3.63) is 11.6 Å². The topological polar surface area (TPSA) is 12.0 Å². The summed E-state index contributed by atoms with van der Waals surface area (Å²) in [4.78, 5) is 0. The number of rotatable bonds is 3. The lowest BCUT2D eigenvalue weighted by atomic mass is 9.88. The van der Waals surface area contributed by atoms with Gasteiger partial charge in [0.05, 0.1) is 0 Å². The first kappa shape index (κ1) is 11.5. The largest absolute Gasteiger partial charge is 0.317 e. The van der Waals surface area contributed by atoms with Gasteiger partial charge in [0.25, 0.3) is 0 Å². The first-order chi connectivity index (χ1) is 7.34. The lowest BCUT2D eigenvalue weighted by Crippen LogP contribution is -2.27. The SMILES string of the molecule is ClC1CC=C(CCC2CCNCC2)CC1. The standard InChI is InChI=1S/C13H22ClN/c14-13-5-3-11(4-6-13)1-2-12-7-9-15-10-8-12/h3,12-13,15H,1-2,4-10H2. The van der Waals surface area contributed by atoms with Crippen molar-refractivity contribution in [2.24, 2.45) is 5.92 Å². The van der Waals surface area contributed by atoms with Crippen LogP contribution in [0.25, 0.3) is 0 Å². The van der Waals surface area contributed by atoms with E-state index in [1.165, 1.54) is 51.6 Å². The molecule has 0 saturated carbocycles. The molecule has 0 aromatic carbocycles. The number of piperidine rings is 1. The monoisotopic (exact) mass is 227 g/mol. The van der Waals surface area contributed by atoms with Gasteiger partial charge in [0, 0.05) is 5.38 Å². The van der Waals surface area contributed by atoms with Crippen LogP contribution in [0.5, 0.6) is 0 Å². The van der Waals surface area contributed by atoms with E-state index in [1.807, 2.05) is 0 Å². The van der Waals surface area contributed by atoms with Gasteiger partial charge in [-0.25, -0.2) is 0 Å². The molecule has 1 aliphatic carbocycles. The van der Waals surface area contributed by atoms with Gasteiger partial charge >= 0.3 is 0 Å². The molecule has 1 nitrogen and oxygen atoms in total. The Morgan fingerprint density at radius 1 is 1.27 bits per heavy atom. The highest BCUT2D eigenvalue weighted by molar-refractivity contribution is 6.20. The molecule has 15 heavy (non-hydrogen) atoms. The Labute approximate surface area is 98.3 Å². The van der Waals surface area contributed by atoms with Crippen LogP contribution in [-0.4, -0.2) is 18.5 Å². The maximum absolute atomic E-state index is 6.08. The molecule has 1 saturated heterocycles. The fraction of sp³-hybridized carbons (Fsp3) is 0.846. The first-order valence-corrected chi connectivity index (χ1v) is 6.81. The van der Waals surface area contributed by atoms with Gasteiger partial charge in [-0.1, -0.05) is 11.6 Å². The fourth-order valence-electron chi connectivity index (χ4n) is 2.64. The van der Waals surface area contributed by atoms with Gasteiger partial charge in [0.1, 0.15) is 0 Å². The molecule has 0 bridgehead atoms. The third-order valence-corrected chi connectivity index (χ3v) is 4.17. The Bertz CT molecular complexity index is 219. The highest BCUT2D eigenvalue weighted by Gasteiger charge is 2.15. The van der Waals surface area contributed by atoms with Crippen LogP contribution in [0, 0.1) is 5.92 Å². The second kappa shape index (κ2) is 5.91. The van der Waals surface area contributed by atoms with E-state index in [0.717, 1.165) is 12.3 Å². The van der Waals surface area contributed by atoms with Crippen molar-refractivity contribution >= 4 is 11.6 Å². The number of hydrogen-bond acceptors (Lipinski definition) is 1. The zero-order valence-electron chi connectivity index (χ0n) is 9.47. The third kappa shape index (κ3) is 3.81. The van der Waals surface area contributed by atoms with Crippen LogP contribution in [0.4, 0.5) is 0 Å². The lowest BCUT2D eigenvalue weighted by Gasteiger charge is -2.24. The highest BCUT2D eigenvalue weighted by atomic mass is 35.5. The molecule has 1 atom stereocenters. The minimum atomic E-state index is 0.410. The third-order valence-electron chi connectivity index (χ3n) is 3.77. The molecule has 1 fully saturated rings. The van der Waals surface area contributed by atoms with Crippen LogP contribution in [0.3, 0.4) is 0 Å². The zero-order chi connectivity index (χ0) is 10.5. The van der Waals surface area contributed by atoms with Gasteiger partial charge in [-0.3, -0.25) is 0 Å². The minimum absolute atomic E-state index is 0.410. The van der Waals surface area contributed by atoms with Crippen molar-refractivity contribution in [1.82, 2.24) is 5.32 Å². The number of hydrogen-bond donors (Lipinski definition) is 1. The number of halogens is 1. The van der Waals surface area contributed by atoms with Crippen molar-refractivity contribution in [2.45, 2.75) is 50.3 Å². The Kier molecular flexibility index (Phi) is 4.52. The fourth-order valence-corrected chi connectivity index (χ4v) is 2.84. The molecule has 0 aromatic heterocycles. The van der Waals surface area contributed by atoms with Gasteiger partial charge in [-0.05, 0) is 64.0 Å². The summed E-state index contributed by atoms with van der Waals surface area (Å²) in [7, 11) is 0. The maximum Gasteiger partial charge on any atom is 0.0373 e. The molecule has 0 spiro atoms. The first-order valence-electron chi connectivity index (χ1n) is 6.37.